The maximum absolute atomic E-state index is 12.6. The third-order valence-corrected chi connectivity index (χ3v) is 4.93. The molecule has 0 aromatic heterocycles. The summed E-state index contributed by atoms with van der Waals surface area (Å²) in [6.07, 6.45) is 1.98. The molecule has 1 saturated heterocycles. The van der Waals surface area contributed by atoms with Crippen molar-refractivity contribution in [3.8, 4) is 0 Å². The molecule has 1 fully saturated rings. The molecule has 1 aliphatic heterocycles. The molecule has 1 heterocycles. The predicted octanol–water partition coefficient (Wildman–Crippen LogP) is 4.36. The number of amides is 1. The van der Waals surface area contributed by atoms with E-state index in [-0.39, 0.29) is 23.9 Å². The van der Waals surface area contributed by atoms with Gasteiger partial charge in [-0.2, -0.15) is 0 Å². The largest absolute Gasteiger partial charge is 0.466 e. The van der Waals surface area contributed by atoms with Gasteiger partial charge in [0.05, 0.1) is 12.5 Å². The summed E-state index contributed by atoms with van der Waals surface area (Å²) in [4.78, 5) is 26.6. The van der Waals surface area contributed by atoms with E-state index in [4.69, 9.17) is 9.47 Å². The molecule has 0 spiro atoms. The summed E-state index contributed by atoms with van der Waals surface area (Å²) in [5, 5.41) is 0. The number of ether oxygens (including phenoxy) is 2. The van der Waals surface area contributed by atoms with Crippen molar-refractivity contribution in [1.82, 2.24) is 4.90 Å². The van der Waals surface area contributed by atoms with Gasteiger partial charge in [0.2, 0.25) is 0 Å². The van der Waals surface area contributed by atoms with Crippen molar-refractivity contribution >= 4 is 12.1 Å². The van der Waals surface area contributed by atoms with Crippen LogP contribution in [0.1, 0.15) is 51.7 Å². The molecule has 27 heavy (non-hydrogen) atoms. The highest BCUT2D eigenvalue weighted by Gasteiger charge is 2.34. The van der Waals surface area contributed by atoms with Crippen molar-refractivity contribution in [1.29, 1.82) is 0 Å². The van der Waals surface area contributed by atoms with E-state index in [1.165, 1.54) is 5.56 Å². The number of esters is 1. The highest BCUT2D eigenvalue weighted by Crippen LogP contribution is 2.30. The second-order valence-corrected chi connectivity index (χ2v) is 8.35. The molecule has 1 aliphatic rings. The molecule has 0 aliphatic carbocycles. The molecule has 1 amide bonds. The summed E-state index contributed by atoms with van der Waals surface area (Å²) in [5.74, 6) is -0.0914. The Bertz CT molecular complexity index is 625. The number of piperidine rings is 1. The molecule has 1 aromatic carbocycles. The fourth-order valence-electron chi connectivity index (χ4n) is 3.48. The molecule has 2 rings (SSSR count). The Hall–Kier alpha value is -2.04. The molecule has 0 radical (unpaired) electrons. The van der Waals surface area contributed by atoms with Crippen LogP contribution in [0.25, 0.3) is 0 Å². The second kappa shape index (κ2) is 9.25. The summed E-state index contributed by atoms with van der Waals surface area (Å²) < 4.78 is 10.8. The molecule has 1 atom stereocenters. The number of carbonyl (C=O) groups excluding carboxylic acids is 2. The van der Waals surface area contributed by atoms with Crippen LogP contribution in [0.3, 0.4) is 0 Å². The molecule has 0 bridgehead atoms. The van der Waals surface area contributed by atoms with Gasteiger partial charge in [-0.1, -0.05) is 29.8 Å². The van der Waals surface area contributed by atoms with E-state index in [9.17, 15) is 9.59 Å². The average Bonchev–Trinajstić information content (AvgIpc) is 2.60. The van der Waals surface area contributed by atoms with Crippen LogP contribution in [0.4, 0.5) is 4.79 Å². The highest BCUT2D eigenvalue weighted by molar-refractivity contribution is 5.73. The van der Waals surface area contributed by atoms with Crippen molar-refractivity contribution in [3.05, 3.63) is 35.4 Å². The third-order valence-electron chi connectivity index (χ3n) is 4.93. The molecule has 0 saturated carbocycles. The maximum Gasteiger partial charge on any atom is 0.410 e. The van der Waals surface area contributed by atoms with Crippen molar-refractivity contribution in [2.45, 2.75) is 59.5 Å². The van der Waals surface area contributed by atoms with Gasteiger partial charge >= 0.3 is 12.1 Å². The number of likely N-dealkylation sites (tertiary alicyclic amines) is 1. The molecule has 1 aromatic rings. The van der Waals surface area contributed by atoms with Gasteiger partial charge < -0.3 is 14.4 Å². The Labute approximate surface area is 163 Å². The summed E-state index contributed by atoms with van der Waals surface area (Å²) >= 11 is 0. The van der Waals surface area contributed by atoms with Crippen LogP contribution in [-0.2, 0) is 20.7 Å². The lowest BCUT2D eigenvalue weighted by Gasteiger charge is -2.36. The lowest BCUT2D eigenvalue weighted by Crippen LogP contribution is -2.44. The van der Waals surface area contributed by atoms with Crippen LogP contribution < -0.4 is 0 Å². The predicted molar refractivity (Wildman–Crippen MR) is 106 cm³/mol. The Morgan fingerprint density at radius 2 is 1.74 bits per heavy atom. The van der Waals surface area contributed by atoms with Crippen LogP contribution >= 0.6 is 0 Å². The van der Waals surface area contributed by atoms with E-state index in [0.29, 0.717) is 26.1 Å². The zero-order valence-electron chi connectivity index (χ0n) is 17.3. The number of benzene rings is 1. The average molecular weight is 376 g/mol. The molecule has 1 unspecified atom stereocenters. The minimum Gasteiger partial charge on any atom is -0.466 e. The molecule has 150 valence electrons. The SMILES string of the molecule is CCOC(=O)C(Cc1ccc(C)cc1)C1CCN(C(=O)OC(C)(C)C)CC1. The van der Waals surface area contributed by atoms with Gasteiger partial charge in [0.1, 0.15) is 5.60 Å². The lowest BCUT2D eigenvalue weighted by molar-refractivity contribution is -0.150. The van der Waals surface area contributed by atoms with Gasteiger partial charge in [-0.15, -0.1) is 0 Å². The van der Waals surface area contributed by atoms with Crippen LogP contribution in [0.5, 0.6) is 0 Å². The van der Waals surface area contributed by atoms with E-state index in [2.05, 4.69) is 31.2 Å². The number of aryl methyl sites for hydroxylation is 1. The molecular weight excluding hydrogens is 342 g/mol. The third kappa shape index (κ3) is 6.56. The summed E-state index contributed by atoms with van der Waals surface area (Å²) in [7, 11) is 0. The first-order chi connectivity index (χ1) is 12.7. The van der Waals surface area contributed by atoms with Gasteiger partial charge in [0, 0.05) is 13.1 Å². The van der Waals surface area contributed by atoms with Gasteiger partial charge in [0.15, 0.2) is 0 Å². The molecular formula is C22H33NO4. The van der Waals surface area contributed by atoms with Gasteiger partial charge in [-0.3, -0.25) is 4.79 Å². The normalized spacial score (nSPS) is 16.7. The minimum atomic E-state index is -0.493. The van der Waals surface area contributed by atoms with Crippen molar-refractivity contribution in [2.75, 3.05) is 19.7 Å². The first kappa shape index (κ1) is 21.3. The minimum absolute atomic E-state index is 0.131. The van der Waals surface area contributed by atoms with E-state index in [0.717, 1.165) is 18.4 Å². The van der Waals surface area contributed by atoms with Gasteiger partial charge in [-0.05, 0) is 65.4 Å². The van der Waals surface area contributed by atoms with Crippen LogP contribution in [0.2, 0.25) is 0 Å². The summed E-state index contributed by atoms with van der Waals surface area (Å²) in [5.41, 5.74) is 1.86. The first-order valence-corrected chi connectivity index (χ1v) is 9.89. The highest BCUT2D eigenvalue weighted by atomic mass is 16.6. The van der Waals surface area contributed by atoms with E-state index < -0.39 is 5.60 Å². The quantitative estimate of drug-likeness (QED) is 0.718. The fraction of sp³-hybridized carbons (Fsp3) is 0.636. The van der Waals surface area contributed by atoms with E-state index >= 15 is 0 Å². The number of hydrogen-bond acceptors (Lipinski definition) is 4. The van der Waals surface area contributed by atoms with Crippen LogP contribution in [0, 0.1) is 18.8 Å². The fourth-order valence-corrected chi connectivity index (χ4v) is 3.48. The van der Waals surface area contributed by atoms with E-state index in [1.807, 2.05) is 27.7 Å². The van der Waals surface area contributed by atoms with E-state index in [1.54, 1.807) is 4.90 Å². The maximum atomic E-state index is 12.6. The smallest absolute Gasteiger partial charge is 0.410 e. The molecule has 5 nitrogen and oxygen atoms in total. The summed E-state index contributed by atoms with van der Waals surface area (Å²) in [6, 6.07) is 8.31. The Balaban J connectivity index is 2.01. The number of carbonyl (C=O) groups is 2. The number of rotatable bonds is 5. The Kier molecular flexibility index (Phi) is 7.28. The van der Waals surface area contributed by atoms with Crippen molar-refractivity contribution in [3.63, 3.8) is 0 Å². The Morgan fingerprint density at radius 1 is 1.15 bits per heavy atom. The zero-order valence-corrected chi connectivity index (χ0v) is 17.3. The number of nitrogens with zero attached hydrogens (tertiary/aromatic N) is 1. The number of hydrogen-bond donors (Lipinski definition) is 0. The zero-order chi connectivity index (χ0) is 20.0. The summed E-state index contributed by atoms with van der Waals surface area (Å²) in [6.45, 7) is 11.1. The topological polar surface area (TPSA) is 55.8 Å². The lowest BCUT2D eigenvalue weighted by atomic mass is 9.80. The second-order valence-electron chi connectivity index (χ2n) is 8.35. The monoisotopic (exact) mass is 375 g/mol. The molecule has 0 N–H and O–H groups in total. The first-order valence-electron chi connectivity index (χ1n) is 9.89. The van der Waals surface area contributed by atoms with Crippen molar-refractivity contribution in [2.24, 2.45) is 11.8 Å². The van der Waals surface area contributed by atoms with Gasteiger partial charge in [0.25, 0.3) is 0 Å². The van der Waals surface area contributed by atoms with Crippen LogP contribution in [0.15, 0.2) is 24.3 Å². The van der Waals surface area contributed by atoms with Gasteiger partial charge in [-0.25, -0.2) is 4.79 Å². The van der Waals surface area contributed by atoms with Crippen molar-refractivity contribution < 1.29 is 19.1 Å². The standard InChI is InChI=1S/C22H33NO4/c1-6-26-20(24)19(15-17-9-7-16(2)8-10-17)18-11-13-23(14-12-18)21(25)27-22(3,4)5/h7-10,18-19H,6,11-15H2,1-5H3. The van der Waals surface area contributed by atoms with Crippen LogP contribution in [-0.4, -0.2) is 42.3 Å². The Morgan fingerprint density at radius 3 is 2.26 bits per heavy atom. The molecule has 5 heteroatoms.